The SMILES string of the molecule is CS(=O)(=O)N1CCc2cc(NC(=O)CCCC(=O)c3cccs3)ccc21. The monoisotopic (exact) mass is 392 g/mol. The van der Waals surface area contributed by atoms with E-state index in [1.165, 1.54) is 21.9 Å². The van der Waals surface area contributed by atoms with Gasteiger partial charge in [0.2, 0.25) is 15.9 Å². The maximum Gasteiger partial charge on any atom is 0.232 e. The lowest BCUT2D eigenvalue weighted by Crippen LogP contribution is -2.27. The van der Waals surface area contributed by atoms with Gasteiger partial charge in [-0.1, -0.05) is 6.07 Å². The smallest absolute Gasteiger partial charge is 0.232 e. The van der Waals surface area contributed by atoms with Crippen LogP contribution in [0.1, 0.15) is 34.5 Å². The van der Waals surface area contributed by atoms with Crippen molar-refractivity contribution in [1.82, 2.24) is 0 Å². The number of rotatable bonds is 7. The molecular weight excluding hydrogens is 372 g/mol. The minimum Gasteiger partial charge on any atom is -0.326 e. The normalized spacial score (nSPS) is 13.5. The number of carbonyl (C=O) groups is 2. The molecule has 0 atom stereocenters. The molecule has 1 N–H and O–H groups in total. The summed E-state index contributed by atoms with van der Waals surface area (Å²) in [5, 5.41) is 4.68. The summed E-state index contributed by atoms with van der Waals surface area (Å²) >= 11 is 1.41. The van der Waals surface area contributed by atoms with E-state index >= 15 is 0 Å². The van der Waals surface area contributed by atoms with Crippen molar-refractivity contribution in [3.05, 3.63) is 46.2 Å². The Morgan fingerprint density at radius 1 is 1.23 bits per heavy atom. The number of nitrogens with one attached hydrogen (secondary N) is 1. The highest BCUT2D eigenvalue weighted by Gasteiger charge is 2.26. The average Bonchev–Trinajstić information content (AvgIpc) is 3.23. The van der Waals surface area contributed by atoms with Gasteiger partial charge in [-0.25, -0.2) is 8.42 Å². The third kappa shape index (κ3) is 4.31. The second-order valence-electron chi connectivity index (χ2n) is 6.23. The Bertz CT molecular complexity index is 921. The van der Waals surface area contributed by atoms with Crippen LogP contribution >= 0.6 is 11.3 Å². The van der Waals surface area contributed by atoms with Gasteiger partial charge in [-0.05, 0) is 48.1 Å². The minimum absolute atomic E-state index is 0.0613. The summed E-state index contributed by atoms with van der Waals surface area (Å²) in [5.74, 6) is -0.0897. The molecule has 1 amide bonds. The first kappa shape index (κ1) is 18.6. The zero-order valence-corrected chi connectivity index (χ0v) is 16.0. The number of anilines is 2. The molecule has 2 heterocycles. The molecule has 3 rings (SSSR count). The van der Waals surface area contributed by atoms with E-state index in [9.17, 15) is 18.0 Å². The molecule has 0 fully saturated rings. The number of nitrogens with zero attached hydrogens (tertiary/aromatic N) is 1. The number of ketones is 1. The lowest BCUT2D eigenvalue weighted by Gasteiger charge is -2.16. The van der Waals surface area contributed by atoms with Gasteiger partial charge in [0.1, 0.15) is 0 Å². The summed E-state index contributed by atoms with van der Waals surface area (Å²) in [6.07, 6.45) is 2.93. The fourth-order valence-electron chi connectivity index (χ4n) is 2.99. The van der Waals surface area contributed by atoms with Crippen LogP contribution in [0.3, 0.4) is 0 Å². The Labute approximate surface area is 156 Å². The number of hydrogen-bond acceptors (Lipinski definition) is 5. The molecule has 26 heavy (non-hydrogen) atoms. The number of thiophene rings is 1. The summed E-state index contributed by atoms with van der Waals surface area (Å²) in [6.45, 7) is 0.427. The van der Waals surface area contributed by atoms with Crippen LogP contribution < -0.4 is 9.62 Å². The molecular formula is C18H20N2O4S2. The van der Waals surface area contributed by atoms with Gasteiger partial charge in [-0.3, -0.25) is 13.9 Å². The maximum absolute atomic E-state index is 12.1. The van der Waals surface area contributed by atoms with Crippen molar-refractivity contribution in [2.24, 2.45) is 0 Å². The molecule has 0 aliphatic carbocycles. The quantitative estimate of drug-likeness (QED) is 0.734. The van der Waals surface area contributed by atoms with Crippen LogP contribution in [0.25, 0.3) is 0 Å². The van der Waals surface area contributed by atoms with E-state index in [4.69, 9.17) is 0 Å². The van der Waals surface area contributed by atoms with Crippen LogP contribution in [0, 0.1) is 0 Å². The van der Waals surface area contributed by atoms with Crippen molar-refractivity contribution in [2.45, 2.75) is 25.7 Å². The highest BCUT2D eigenvalue weighted by atomic mass is 32.2. The maximum atomic E-state index is 12.1. The molecule has 138 valence electrons. The van der Waals surface area contributed by atoms with Crippen LogP contribution in [0.4, 0.5) is 11.4 Å². The third-order valence-electron chi connectivity index (χ3n) is 4.22. The zero-order chi connectivity index (χ0) is 18.7. The molecule has 6 nitrogen and oxygen atoms in total. The number of carbonyl (C=O) groups excluding carboxylic acids is 2. The van der Waals surface area contributed by atoms with Gasteiger partial charge in [0, 0.05) is 25.1 Å². The van der Waals surface area contributed by atoms with Crippen molar-refractivity contribution < 1.29 is 18.0 Å². The Kier molecular flexibility index (Phi) is 5.43. The van der Waals surface area contributed by atoms with E-state index in [0.717, 1.165) is 10.4 Å². The third-order valence-corrected chi connectivity index (χ3v) is 6.31. The van der Waals surface area contributed by atoms with Gasteiger partial charge in [0.05, 0.1) is 16.8 Å². The molecule has 1 aromatic heterocycles. The molecule has 0 bridgehead atoms. The first-order valence-corrected chi connectivity index (χ1v) is 11.0. The molecule has 0 saturated heterocycles. The predicted octanol–water partition coefficient (Wildman–Crippen LogP) is 3.06. The molecule has 1 aliphatic rings. The molecule has 0 radical (unpaired) electrons. The lowest BCUT2D eigenvalue weighted by atomic mass is 10.1. The predicted molar refractivity (Wildman–Crippen MR) is 103 cm³/mol. The number of sulfonamides is 1. The average molecular weight is 393 g/mol. The first-order chi connectivity index (χ1) is 12.3. The van der Waals surface area contributed by atoms with Crippen molar-refractivity contribution in [2.75, 3.05) is 22.4 Å². The van der Waals surface area contributed by atoms with Crippen molar-refractivity contribution >= 4 is 44.4 Å². The minimum atomic E-state index is -3.28. The molecule has 2 aromatic rings. The van der Waals surface area contributed by atoms with Crippen LogP contribution in [-0.4, -0.2) is 32.9 Å². The van der Waals surface area contributed by atoms with E-state index in [1.54, 1.807) is 18.2 Å². The van der Waals surface area contributed by atoms with E-state index in [2.05, 4.69) is 5.32 Å². The number of fused-ring (bicyclic) bond motifs is 1. The van der Waals surface area contributed by atoms with Gasteiger partial charge in [0.15, 0.2) is 5.78 Å². The second-order valence-corrected chi connectivity index (χ2v) is 9.09. The highest BCUT2D eigenvalue weighted by Crippen LogP contribution is 2.32. The van der Waals surface area contributed by atoms with Crippen LogP contribution in [-0.2, 0) is 21.2 Å². The number of Topliss-reactive ketones (excluding diaryl/α,β-unsaturated/α-hetero) is 1. The van der Waals surface area contributed by atoms with E-state index in [0.29, 0.717) is 37.2 Å². The Morgan fingerprint density at radius 2 is 2.04 bits per heavy atom. The number of amides is 1. The van der Waals surface area contributed by atoms with Crippen LogP contribution in [0.5, 0.6) is 0 Å². The summed E-state index contributed by atoms with van der Waals surface area (Å²) < 4.78 is 24.9. The van der Waals surface area contributed by atoms with E-state index < -0.39 is 10.0 Å². The largest absolute Gasteiger partial charge is 0.326 e. The highest BCUT2D eigenvalue weighted by molar-refractivity contribution is 7.92. The van der Waals surface area contributed by atoms with Crippen molar-refractivity contribution in [3.8, 4) is 0 Å². The summed E-state index contributed by atoms with van der Waals surface area (Å²) in [6, 6.07) is 8.87. The molecule has 0 spiro atoms. The van der Waals surface area contributed by atoms with Gasteiger partial charge in [-0.15, -0.1) is 11.3 Å². The fraction of sp³-hybridized carbons (Fsp3) is 0.333. The first-order valence-electron chi connectivity index (χ1n) is 8.32. The molecule has 1 aromatic carbocycles. The fourth-order valence-corrected chi connectivity index (χ4v) is 4.64. The standard InChI is InChI=1S/C18H20N2O4S2/c1-26(23,24)20-10-9-13-12-14(7-8-15(13)20)19-18(22)6-2-4-16(21)17-5-3-11-25-17/h3,5,7-8,11-12H,2,4,6,9-10H2,1H3,(H,19,22). The topological polar surface area (TPSA) is 83.6 Å². The molecule has 0 unspecified atom stereocenters. The summed E-state index contributed by atoms with van der Waals surface area (Å²) in [7, 11) is -3.28. The summed E-state index contributed by atoms with van der Waals surface area (Å²) in [5.41, 5.74) is 2.22. The van der Waals surface area contributed by atoms with Gasteiger partial charge < -0.3 is 5.32 Å². The molecule has 0 saturated carbocycles. The lowest BCUT2D eigenvalue weighted by molar-refractivity contribution is -0.116. The molecule has 8 heteroatoms. The van der Waals surface area contributed by atoms with Crippen molar-refractivity contribution in [3.63, 3.8) is 0 Å². The van der Waals surface area contributed by atoms with Crippen LogP contribution in [0.15, 0.2) is 35.7 Å². The van der Waals surface area contributed by atoms with Crippen molar-refractivity contribution in [1.29, 1.82) is 0 Å². The van der Waals surface area contributed by atoms with Gasteiger partial charge in [0.25, 0.3) is 0 Å². The molecule has 1 aliphatic heterocycles. The zero-order valence-electron chi connectivity index (χ0n) is 14.4. The van der Waals surface area contributed by atoms with E-state index in [1.807, 2.05) is 17.5 Å². The van der Waals surface area contributed by atoms with E-state index in [-0.39, 0.29) is 18.1 Å². The van der Waals surface area contributed by atoms with Gasteiger partial charge >= 0.3 is 0 Å². The Hall–Kier alpha value is -2.19. The number of hydrogen-bond donors (Lipinski definition) is 1. The summed E-state index contributed by atoms with van der Waals surface area (Å²) in [4.78, 5) is 24.7. The van der Waals surface area contributed by atoms with Crippen LogP contribution in [0.2, 0.25) is 0 Å². The Balaban J connectivity index is 1.53. The van der Waals surface area contributed by atoms with Gasteiger partial charge in [-0.2, -0.15) is 0 Å². The number of benzene rings is 1. The Morgan fingerprint density at radius 3 is 2.73 bits per heavy atom. The second kappa shape index (κ2) is 7.59.